The van der Waals surface area contributed by atoms with Crippen LogP contribution in [0.15, 0.2) is 94.7 Å². The smallest absolute Gasteiger partial charge is 0.273 e. The summed E-state index contributed by atoms with van der Waals surface area (Å²) in [6.45, 7) is 0.255. The molecule has 2 aromatic heterocycles. The number of halogens is 1. The van der Waals surface area contributed by atoms with Crippen molar-refractivity contribution in [3.8, 4) is 11.4 Å². The Balaban J connectivity index is 1.29. The number of carbonyl (C=O) groups excluding carboxylic acids is 1. The van der Waals surface area contributed by atoms with Crippen molar-refractivity contribution in [3.05, 3.63) is 119 Å². The van der Waals surface area contributed by atoms with Gasteiger partial charge in [-0.25, -0.2) is 9.37 Å². The average molecular weight is 530 g/mol. The number of carbonyl (C=O) groups is 1. The Kier molecular flexibility index (Phi) is 7.79. The van der Waals surface area contributed by atoms with Gasteiger partial charge in [-0.05, 0) is 47.5 Å². The summed E-state index contributed by atoms with van der Waals surface area (Å²) in [6, 6.07) is 23.7. The van der Waals surface area contributed by atoms with Gasteiger partial charge in [-0.2, -0.15) is 0 Å². The number of benzene rings is 3. The van der Waals surface area contributed by atoms with Gasteiger partial charge in [-0.15, -0.1) is 10.2 Å². The van der Waals surface area contributed by atoms with Crippen LogP contribution in [0.3, 0.4) is 0 Å². The summed E-state index contributed by atoms with van der Waals surface area (Å²) in [7, 11) is 1.63. The van der Waals surface area contributed by atoms with Crippen LogP contribution in [-0.4, -0.2) is 32.8 Å². The third kappa shape index (κ3) is 6.09. The van der Waals surface area contributed by atoms with E-state index in [-0.39, 0.29) is 24.0 Å². The van der Waals surface area contributed by atoms with E-state index in [0.29, 0.717) is 23.2 Å². The Hall–Kier alpha value is -4.44. The zero-order valence-electron chi connectivity index (χ0n) is 20.5. The van der Waals surface area contributed by atoms with Crippen LogP contribution in [0.2, 0.25) is 0 Å². The highest BCUT2D eigenvalue weighted by molar-refractivity contribution is 7.98. The third-order valence-corrected chi connectivity index (χ3v) is 6.63. The molecule has 8 nitrogen and oxygen atoms in total. The van der Waals surface area contributed by atoms with Crippen molar-refractivity contribution in [3.63, 3.8) is 0 Å². The number of ether oxygens (including phenoxy) is 1. The van der Waals surface area contributed by atoms with E-state index < -0.39 is 0 Å². The molecule has 0 aliphatic rings. The molecule has 0 aliphatic heterocycles. The van der Waals surface area contributed by atoms with E-state index in [1.54, 1.807) is 19.2 Å². The van der Waals surface area contributed by atoms with Gasteiger partial charge in [0.1, 0.15) is 23.7 Å². The molecule has 1 amide bonds. The van der Waals surface area contributed by atoms with Crippen molar-refractivity contribution in [1.82, 2.24) is 25.1 Å². The second kappa shape index (κ2) is 11.7. The molecule has 5 rings (SSSR count). The molecule has 2 heterocycles. The Morgan fingerprint density at radius 3 is 2.50 bits per heavy atom. The van der Waals surface area contributed by atoms with Gasteiger partial charge in [-0.3, -0.25) is 9.36 Å². The van der Waals surface area contributed by atoms with Gasteiger partial charge in [-0.1, -0.05) is 54.2 Å². The van der Waals surface area contributed by atoms with Crippen LogP contribution in [0.1, 0.15) is 33.3 Å². The summed E-state index contributed by atoms with van der Waals surface area (Å²) in [4.78, 5) is 16.8. The molecule has 38 heavy (non-hydrogen) atoms. The van der Waals surface area contributed by atoms with Gasteiger partial charge in [0, 0.05) is 18.7 Å². The molecule has 0 fully saturated rings. The van der Waals surface area contributed by atoms with E-state index in [9.17, 15) is 9.18 Å². The first-order valence-electron chi connectivity index (χ1n) is 11.8. The molecule has 0 radical (unpaired) electrons. The van der Waals surface area contributed by atoms with Crippen LogP contribution in [0.25, 0.3) is 5.69 Å². The number of amides is 1. The SMILES string of the molecule is COc1ccc(-n2c(Cc3ccccc3)nnc2SCc2nc(C(=O)NCc3ccc(F)cc3)co2)cc1. The quantitative estimate of drug-likeness (QED) is 0.248. The van der Waals surface area contributed by atoms with Crippen LogP contribution < -0.4 is 10.1 Å². The standard InChI is InChI=1S/C28H24FN5O3S/c1-36-23-13-11-22(12-14-23)34-25(15-19-5-3-2-4-6-19)32-33-28(34)38-18-26-31-24(17-37-26)27(35)30-16-20-7-9-21(29)10-8-20/h2-14,17H,15-16,18H2,1H3,(H,30,35). The first kappa shape index (κ1) is 25.2. The maximum Gasteiger partial charge on any atom is 0.273 e. The summed E-state index contributed by atoms with van der Waals surface area (Å²) in [5.41, 5.74) is 2.97. The minimum atomic E-state index is -0.374. The van der Waals surface area contributed by atoms with Crippen molar-refractivity contribution in [1.29, 1.82) is 0 Å². The maximum atomic E-state index is 13.1. The molecular weight excluding hydrogens is 505 g/mol. The minimum absolute atomic E-state index is 0.170. The second-order valence-electron chi connectivity index (χ2n) is 8.32. The van der Waals surface area contributed by atoms with E-state index in [0.717, 1.165) is 28.4 Å². The van der Waals surface area contributed by atoms with E-state index in [4.69, 9.17) is 9.15 Å². The Morgan fingerprint density at radius 2 is 1.76 bits per heavy atom. The normalized spacial score (nSPS) is 10.9. The van der Waals surface area contributed by atoms with Gasteiger partial charge in [0.05, 0.1) is 12.9 Å². The summed E-state index contributed by atoms with van der Waals surface area (Å²) in [5, 5.41) is 12.3. The molecule has 0 saturated heterocycles. The molecule has 0 atom stereocenters. The van der Waals surface area contributed by atoms with Gasteiger partial charge in [0.25, 0.3) is 5.91 Å². The van der Waals surface area contributed by atoms with Crippen molar-refractivity contribution < 1.29 is 18.3 Å². The summed E-state index contributed by atoms with van der Waals surface area (Å²) < 4.78 is 25.9. The first-order chi connectivity index (χ1) is 18.6. The van der Waals surface area contributed by atoms with E-state index in [1.165, 1.54) is 30.2 Å². The number of oxazole rings is 1. The zero-order valence-corrected chi connectivity index (χ0v) is 21.3. The number of hydrogen-bond donors (Lipinski definition) is 1. The number of aromatic nitrogens is 4. The van der Waals surface area contributed by atoms with Gasteiger partial charge in [0.2, 0.25) is 5.89 Å². The molecule has 5 aromatic rings. The highest BCUT2D eigenvalue weighted by Crippen LogP contribution is 2.27. The Morgan fingerprint density at radius 1 is 1.00 bits per heavy atom. The predicted octanol–water partition coefficient (Wildman–Crippen LogP) is 5.22. The number of hydrogen-bond acceptors (Lipinski definition) is 7. The Labute approximate surface area is 222 Å². The molecule has 0 spiro atoms. The fourth-order valence-electron chi connectivity index (χ4n) is 3.76. The van der Waals surface area contributed by atoms with Crippen molar-refractivity contribution in [2.24, 2.45) is 0 Å². The zero-order chi connectivity index (χ0) is 26.3. The lowest BCUT2D eigenvalue weighted by Crippen LogP contribution is -2.23. The fraction of sp³-hybridized carbons (Fsp3) is 0.143. The molecule has 0 saturated carbocycles. The molecule has 0 bridgehead atoms. The molecule has 1 N–H and O–H groups in total. The minimum Gasteiger partial charge on any atom is -0.497 e. The molecule has 192 valence electrons. The number of nitrogens with one attached hydrogen (secondary N) is 1. The van der Waals surface area contributed by atoms with Crippen LogP contribution in [-0.2, 0) is 18.7 Å². The van der Waals surface area contributed by atoms with Crippen molar-refractivity contribution in [2.75, 3.05) is 7.11 Å². The number of rotatable bonds is 10. The number of nitrogens with zero attached hydrogens (tertiary/aromatic N) is 4. The lowest BCUT2D eigenvalue weighted by molar-refractivity contribution is 0.0946. The van der Waals surface area contributed by atoms with Crippen LogP contribution in [0.4, 0.5) is 4.39 Å². The van der Waals surface area contributed by atoms with E-state index in [2.05, 4.69) is 32.6 Å². The highest BCUT2D eigenvalue weighted by Gasteiger charge is 2.18. The van der Waals surface area contributed by atoms with E-state index in [1.807, 2.05) is 47.0 Å². The number of methoxy groups -OCH3 is 1. The van der Waals surface area contributed by atoms with Crippen LogP contribution >= 0.6 is 11.8 Å². The average Bonchev–Trinajstić information content (AvgIpc) is 3.59. The van der Waals surface area contributed by atoms with Gasteiger partial charge < -0.3 is 14.5 Å². The van der Waals surface area contributed by atoms with E-state index >= 15 is 0 Å². The summed E-state index contributed by atoms with van der Waals surface area (Å²) >= 11 is 1.41. The highest BCUT2D eigenvalue weighted by atomic mass is 32.2. The fourth-order valence-corrected chi connectivity index (χ4v) is 4.58. The van der Waals surface area contributed by atoms with Crippen LogP contribution in [0.5, 0.6) is 5.75 Å². The monoisotopic (exact) mass is 529 g/mol. The van der Waals surface area contributed by atoms with Crippen molar-refractivity contribution in [2.45, 2.75) is 23.9 Å². The van der Waals surface area contributed by atoms with Crippen LogP contribution in [0, 0.1) is 5.82 Å². The van der Waals surface area contributed by atoms with Gasteiger partial charge >= 0.3 is 0 Å². The summed E-state index contributed by atoms with van der Waals surface area (Å²) in [5.74, 6) is 1.58. The molecule has 0 unspecified atom stereocenters. The molecule has 3 aromatic carbocycles. The predicted molar refractivity (Wildman–Crippen MR) is 141 cm³/mol. The topological polar surface area (TPSA) is 95.1 Å². The largest absolute Gasteiger partial charge is 0.497 e. The van der Waals surface area contributed by atoms with Gasteiger partial charge in [0.15, 0.2) is 10.9 Å². The lowest BCUT2D eigenvalue weighted by Gasteiger charge is -2.11. The number of thioether (sulfide) groups is 1. The lowest BCUT2D eigenvalue weighted by atomic mass is 10.1. The second-order valence-corrected chi connectivity index (χ2v) is 9.26. The molecular formula is C28H24FN5O3S. The maximum absolute atomic E-state index is 13.1. The summed E-state index contributed by atoms with van der Waals surface area (Å²) in [6.07, 6.45) is 1.93. The molecule has 10 heteroatoms. The third-order valence-electron chi connectivity index (χ3n) is 5.71. The first-order valence-corrected chi connectivity index (χ1v) is 12.8. The van der Waals surface area contributed by atoms with Crippen molar-refractivity contribution >= 4 is 17.7 Å². The Bertz CT molecular complexity index is 1500. The molecule has 0 aliphatic carbocycles.